The number of hydrogen-bond acceptors (Lipinski definition) is 6. The molecule has 2 heterocycles. The number of nitrogens with one attached hydrogen (secondary N) is 2. The first-order valence-corrected chi connectivity index (χ1v) is 11.3. The van der Waals surface area contributed by atoms with Gasteiger partial charge in [-0.25, -0.2) is 4.98 Å². The lowest BCUT2D eigenvalue weighted by atomic mass is 9.73. The van der Waals surface area contributed by atoms with Gasteiger partial charge in [0.2, 0.25) is 5.95 Å². The standard InChI is InChI=1S/C25H29N5O3/c1-32-20-12-17-19(13-21(20)33-2)28-24(29-22(17)31)30-11-8-16-15(14-30)6-5-7-18(16)25(23(26)27)9-3-4-10-25/h5-7,12-13H,3-4,8-11,14H2,1-2H3,(H3,26,27)(H,28,29,31). The number of benzene rings is 2. The van der Waals surface area contributed by atoms with Crippen LogP contribution in [0.25, 0.3) is 10.9 Å². The van der Waals surface area contributed by atoms with Crippen molar-refractivity contribution in [3.63, 3.8) is 0 Å². The predicted molar refractivity (Wildman–Crippen MR) is 129 cm³/mol. The van der Waals surface area contributed by atoms with Gasteiger partial charge in [0.25, 0.3) is 5.56 Å². The van der Waals surface area contributed by atoms with Crippen LogP contribution >= 0.6 is 0 Å². The second kappa shape index (κ2) is 8.10. The van der Waals surface area contributed by atoms with E-state index in [9.17, 15) is 4.79 Å². The molecule has 33 heavy (non-hydrogen) atoms. The summed E-state index contributed by atoms with van der Waals surface area (Å²) in [7, 11) is 3.11. The van der Waals surface area contributed by atoms with Gasteiger partial charge in [0, 0.05) is 19.2 Å². The zero-order valence-electron chi connectivity index (χ0n) is 19.0. The molecule has 2 aromatic carbocycles. The summed E-state index contributed by atoms with van der Waals surface area (Å²) in [5.41, 5.74) is 9.85. The summed E-state index contributed by atoms with van der Waals surface area (Å²) in [6.45, 7) is 1.36. The van der Waals surface area contributed by atoms with E-state index in [0.29, 0.717) is 34.9 Å². The van der Waals surface area contributed by atoms with Crippen LogP contribution in [-0.2, 0) is 18.4 Å². The number of amidine groups is 1. The van der Waals surface area contributed by atoms with Crippen LogP contribution in [0.15, 0.2) is 35.1 Å². The van der Waals surface area contributed by atoms with Crippen LogP contribution in [-0.4, -0.2) is 36.6 Å². The quantitative estimate of drug-likeness (QED) is 0.408. The normalized spacial score (nSPS) is 17.1. The molecule has 0 bridgehead atoms. The summed E-state index contributed by atoms with van der Waals surface area (Å²) in [6.07, 6.45) is 4.90. The fourth-order valence-electron chi connectivity index (χ4n) is 5.50. The van der Waals surface area contributed by atoms with Crippen molar-refractivity contribution in [3.8, 4) is 11.5 Å². The van der Waals surface area contributed by atoms with E-state index in [-0.39, 0.29) is 16.8 Å². The number of H-pyrrole nitrogens is 1. The lowest BCUT2D eigenvalue weighted by Crippen LogP contribution is -2.41. The predicted octanol–water partition coefficient (Wildman–Crippen LogP) is 3.25. The molecule has 1 fully saturated rings. The highest BCUT2D eigenvalue weighted by atomic mass is 16.5. The Balaban J connectivity index is 1.52. The summed E-state index contributed by atoms with van der Waals surface area (Å²) < 4.78 is 10.7. The number of nitrogens with zero attached hydrogens (tertiary/aromatic N) is 2. The van der Waals surface area contributed by atoms with E-state index in [1.54, 1.807) is 26.4 Å². The van der Waals surface area contributed by atoms with E-state index in [1.807, 2.05) is 0 Å². The fraction of sp³-hybridized carbons (Fsp3) is 0.400. The van der Waals surface area contributed by atoms with Crippen molar-refractivity contribution >= 4 is 22.7 Å². The summed E-state index contributed by atoms with van der Waals surface area (Å²) in [4.78, 5) is 22.6. The van der Waals surface area contributed by atoms with Gasteiger partial charge in [-0.2, -0.15) is 0 Å². The average molecular weight is 448 g/mol. The van der Waals surface area contributed by atoms with Crippen LogP contribution in [0.1, 0.15) is 42.4 Å². The first-order valence-electron chi connectivity index (χ1n) is 11.3. The second-order valence-corrected chi connectivity index (χ2v) is 8.93. The molecule has 8 heteroatoms. The first kappa shape index (κ1) is 21.3. The van der Waals surface area contributed by atoms with Gasteiger partial charge >= 0.3 is 0 Å². The van der Waals surface area contributed by atoms with E-state index in [1.165, 1.54) is 16.7 Å². The maximum atomic E-state index is 12.8. The molecule has 1 aliphatic heterocycles. The molecule has 0 atom stereocenters. The number of hydrogen-bond donors (Lipinski definition) is 3. The molecule has 8 nitrogen and oxygen atoms in total. The monoisotopic (exact) mass is 447 g/mol. The molecule has 2 aliphatic rings. The number of rotatable bonds is 5. The molecule has 1 saturated carbocycles. The Morgan fingerprint density at radius 1 is 1.18 bits per heavy atom. The van der Waals surface area contributed by atoms with Gasteiger partial charge in [-0.1, -0.05) is 31.0 Å². The number of anilines is 1. The Bertz CT molecular complexity index is 1290. The molecule has 172 valence electrons. The Morgan fingerprint density at radius 2 is 1.91 bits per heavy atom. The Labute approximate surface area is 192 Å². The Kier molecular flexibility index (Phi) is 5.23. The van der Waals surface area contributed by atoms with Gasteiger partial charge in [-0.05, 0) is 42.0 Å². The molecule has 0 amide bonds. The van der Waals surface area contributed by atoms with Crippen molar-refractivity contribution in [2.45, 2.75) is 44.1 Å². The number of nitrogens with two attached hydrogens (primary N) is 1. The zero-order chi connectivity index (χ0) is 23.2. The van der Waals surface area contributed by atoms with E-state index in [0.717, 1.165) is 38.6 Å². The molecule has 1 aliphatic carbocycles. The minimum absolute atomic E-state index is 0.211. The Hall–Kier alpha value is -3.55. The van der Waals surface area contributed by atoms with Crippen molar-refractivity contribution in [1.82, 2.24) is 9.97 Å². The van der Waals surface area contributed by atoms with E-state index in [4.69, 9.17) is 25.6 Å². The topological polar surface area (TPSA) is 117 Å². The van der Waals surface area contributed by atoms with Crippen molar-refractivity contribution in [2.75, 3.05) is 25.7 Å². The van der Waals surface area contributed by atoms with Crippen molar-refractivity contribution < 1.29 is 9.47 Å². The van der Waals surface area contributed by atoms with Crippen LogP contribution in [0.5, 0.6) is 11.5 Å². The SMILES string of the molecule is COc1cc2nc(N3CCc4c(cccc4C4(C(=N)N)CCCC4)C3)[nH]c(=O)c2cc1OC. The highest BCUT2D eigenvalue weighted by Crippen LogP contribution is 2.44. The van der Waals surface area contributed by atoms with Gasteiger partial charge in [0.05, 0.1) is 30.5 Å². The molecule has 5 rings (SSSR count). The summed E-state index contributed by atoms with van der Waals surface area (Å²) in [6, 6.07) is 9.73. The molecular weight excluding hydrogens is 418 g/mol. The number of ether oxygens (including phenoxy) is 2. The van der Waals surface area contributed by atoms with Gasteiger partial charge in [-0.3, -0.25) is 15.2 Å². The third-order valence-corrected chi connectivity index (χ3v) is 7.25. The number of aromatic amines is 1. The second-order valence-electron chi connectivity index (χ2n) is 8.93. The van der Waals surface area contributed by atoms with Crippen molar-refractivity contribution in [3.05, 3.63) is 57.4 Å². The molecule has 0 spiro atoms. The number of fused-ring (bicyclic) bond motifs is 2. The van der Waals surface area contributed by atoms with E-state index < -0.39 is 0 Å². The summed E-state index contributed by atoms with van der Waals surface area (Å²) in [5.74, 6) is 1.85. The molecule has 1 aromatic heterocycles. The largest absolute Gasteiger partial charge is 0.493 e. The molecule has 0 radical (unpaired) electrons. The number of methoxy groups -OCH3 is 2. The van der Waals surface area contributed by atoms with Crippen LogP contribution < -0.4 is 25.7 Å². The van der Waals surface area contributed by atoms with Gasteiger partial charge in [-0.15, -0.1) is 0 Å². The average Bonchev–Trinajstić information content (AvgIpc) is 3.34. The highest BCUT2D eigenvalue weighted by Gasteiger charge is 2.41. The van der Waals surface area contributed by atoms with Crippen molar-refractivity contribution in [2.24, 2.45) is 5.73 Å². The zero-order valence-corrected chi connectivity index (χ0v) is 19.0. The first-order chi connectivity index (χ1) is 16.0. The maximum absolute atomic E-state index is 12.8. The van der Waals surface area contributed by atoms with Gasteiger partial charge < -0.3 is 20.1 Å². The summed E-state index contributed by atoms with van der Waals surface area (Å²) >= 11 is 0. The minimum Gasteiger partial charge on any atom is -0.493 e. The minimum atomic E-state index is -0.335. The van der Waals surface area contributed by atoms with Crippen LogP contribution in [0, 0.1) is 5.41 Å². The lowest BCUT2D eigenvalue weighted by molar-refractivity contribution is 0.355. The smallest absolute Gasteiger partial charge is 0.260 e. The van der Waals surface area contributed by atoms with Crippen LogP contribution in [0.2, 0.25) is 0 Å². The maximum Gasteiger partial charge on any atom is 0.260 e. The van der Waals surface area contributed by atoms with Crippen LogP contribution in [0.4, 0.5) is 5.95 Å². The molecule has 3 aromatic rings. The third kappa shape index (κ3) is 3.41. The lowest BCUT2D eigenvalue weighted by Gasteiger charge is -2.36. The third-order valence-electron chi connectivity index (χ3n) is 7.25. The Morgan fingerprint density at radius 3 is 2.61 bits per heavy atom. The van der Waals surface area contributed by atoms with Gasteiger partial charge in [0.1, 0.15) is 5.84 Å². The van der Waals surface area contributed by atoms with E-state index >= 15 is 0 Å². The van der Waals surface area contributed by atoms with Gasteiger partial charge in [0.15, 0.2) is 11.5 Å². The molecule has 0 saturated heterocycles. The van der Waals surface area contributed by atoms with Crippen LogP contribution in [0.3, 0.4) is 0 Å². The molecular formula is C25H29N5O3. The summed E-state index contributed by atoms with van der Waals surface area (Å²) in [5, 5.41) is 8.79. The molecule has 4 N–H and O–H groups in total. The van der Waals surface area contributed by atoms with E-state index in [2.05, 4.69) is 28.1 Å². The number of aromatic nitrogens is 2. The highest BCUT2D eigenvalue weighted by molar-refractivity contribution is 5.90. The molecule has 0 unspecified atom stereocenters. The fourth-order valence-corrected chi connectivity index (χ4v) is 5.50. The van der Waals surface area contributed by atoms with Crippen molar-refractivity contribution in [1.29, 1.82) is 5.41 Å².